The first-order chi connectivity index (χ1) is 12.3. The van der Waals surface area contributed by atoms with Gasteiger partial charge in [-0.2, -0.15) is 0 Å². The van der Waals surface area contributed by atoms with Crippen molar-refractivity contribution in [1.29, 1.82) is 0 Å². The average Bonchev–Trinajstić information content (AvgIpc) is 3.06. The van der Waals surface area contributed by atoms with Crippen LogP contribution in [0.15, 0.2) is 47.4 Å². The molecule has 128 valence electrons. The SMILES string of the molecule is O=C(Cc1noc2ccccc12)N1CCC(Nc2ccncn2)CC1. The van der Waals surface area contributed by atoms with E-state index in [1.807, 2.05) is 35.2 Å². The van der Waals surface area contributed by atoms with E-state index in [1.165, 1.54) is 6.33 Å². The first kappa shape index (κ1) is 15.6. The van der Waals surface area contributed by atoms with Gasteiger partial charge in [0.25, 0.3) is 0 Å². The molecule has 0 bridgehead atoms. The Labute approximate surface area is 145 Å². The fraction of sp³-hybridized carbons (Fsp3) is 0.333. The molecule has 1 fully saturated rings. The Morgan fingerprint density at radius 1 is 1.24 bits per heavy atom. The van der Waals surface area contributed by atoms with Gasteiger partial charge >= 0.3 is 0 Å². The third kappa shape index (κ3) is 3.45. The van der Waals surface area contributed by atoms with Gasteiger partial charge in [0.1, 0.15) is 17.8 Å². The summed E-state index contributed by atoms with van der Waals surface area (Å²) < 4.78 is 5.28. The summed E-state index contributed by atoms with van der Waals surface area (Å²) in [6, 6.07) is 9.80. The number of para-hydroxylation sites is 1. The largest absolute Gasteiger partial charge is 0.367 e. The maximum absolute atomic E-state index is 12.6. The molecule has 7 nitrogen and oxygen atoms in total. The van der Waals surface area contributed by atoms with Gasteiger partial charge in [-0.1, -0.05) is 17.3 Å². The number of likely N-dealkylation sites (tertiary alicyclic amines) is 1. The van der Waals surface area contributed by atoms with Crippen molar-refractivity contribution in [2.45, 2.75) is 25.3 Å². The molecule has 1 aromatic carbocycles. The van der Waals surface area contributed by atoms with Crippen LogP contribution in [0.25, 0.3) is 11.0 Å². The normalized spacial score (nSPS) is 15.4. The van der Waals surface area contributed by atoms with Crippen molar-refractivity contribution < 1.29 is 9.32 Å². The van der Waals surface area contributed by atoms with Gasteiger partial charge in [-0.25, -0.2) is 9.97 Å². The Morgan fingerprint density at radius 2 is 2.08 bits per heavy atom. The van der Waals surface area contributed by atoms with Crippen LogP contribution >= 0.6 is 0 Å². The van der Waals surface area contributed by atoms with Crippen molar-refractivity contribution in [3.63, 3.8) is 0 Å². The van der Waals surface area contributed by atoms with Crippen LogP contribution in [0.5, 0.6) is 0 Å². The molecule has 2 aromatic heterocycles. The topological polar surface area (TPSA) is 84.2 Å². The monoisotopic (exact) mass is 337 g/mol. The van der Waals surface area contributed by atoms with Gasteiger partial charge in [-0.15, -0.1) is 0 Å². The van der Waals surface area contributed by atoms with Crippen LogP contribution in [0, 0.1) is 0 Å². The number of benzene rings is 1. The second-order valence-electron chi connectivity index (χ2n) is 6.20. The maximum atomic E-state index is 12.6. The van der Waals surface area contributed by atoms with E-state index >= 15 is 0 Å². The minimum absolute atomic E-state index is 0.0968. The lowest BCUT2D eigenvalue weighted by Crippen LogP contribution is -2.43. The molecule has 7 heteroatoms. The zero-order valence-corrected chi connectivity index (χ0v) is 13.8. The number of aromatic nitrogens is 3. The molecule has 0 aliphatic carbocycles. The molecule has 1 amide bonds. The van der Waals surface area contributed by atoms with Crippen molar-refractivity contribution in [3.8, 4) is 0 Å². The highest BCUT2D eigenvalue weighted by Gasteiger charge is 2.24. The Kier molecular flexibility index (Phi) is 4.28. The number of rotatable bonds is 4. The minimum Gasteiger partial charge on any atom is -0.367 e. The molecule has 3 aromatic rings. The van der Waals surface area contributed by atoms with E-state index in [-0.39, 0.29) is 12.3 Å². The smallest absolute Gasteiger partial charge is 0.228 e. The van der Waals surface area contributed by atoms with Crippen LogP contribution in [-0.2, 0) is 11.2 Å². The lowest BCUT2D eigenvalue weighted by Gasteiger charge is -2.32. The number of amides is 1. The number of fused-ring (bicyclic) bond motifs is 1. The van der Waals surface area contributed by atoms with Gasteiger partial charge in [-0.3, -0.25) is 4.79 Å². The van der Waals surface area contributed by atoms with Crippen LogP contribution in [0.4, 0.5) is 5.82 Å². The molecule has 0 spiro atoms. The summed E-state index contributed by atoms with van der Waals surface area (Å²) >= 11 is 0. The summed E-state index contributed by atoms with van der Waals surface area (Å²) in [7, 11) is 0. The molecule has 1 aliphatic heterocycles. The molecule has 25 heavy (non-hydrogen) atoms. The second kappa shape index (κ2) is 6.88. The Morgan fingerprint density at radius 3 is 2.88 bits per heavy atom. The molecule has 4 rings (SSSR count). The van der Waals surface area contributed by atoms with Crippen molar-refractivity contribution >= 4 is 22.7 Å². The van der Waals surface area contributed by atoms with E-state index in [0.717, 1.165) is 42.7 Å². The van der Waals surface area contributed by atoms with Crippen molar-refractivity contribution in [2.75, 3.05) is 18.4 Å². The van der Waals surface area contributed by atoms with Gasteiger partial charge in [0, 0.05) is 30.7 Å². The quantitative estimate of drug-likeness (QED) is 0.786. The second-order valence-corrected chi connectivity index (χ2v) is 6.20. The van der Waals surface area contributed by atoms with Crippen LogP contribution in [0.1, 0.15) is 18.5 Å². The zero-order chi connectivity index (χ0) is 17.1. The van der Waals surface area contributed by atoms with Gasteiger partial charge in [0.05, 0.1) is 6.42 Å². The molecule has 0 unspecified atom stereocenters. The number of nitrogens with zero attached hydrogens (tertiary/aromatic N) is 4. The predicted molar refractivity (Wildman–Crippen MR) is 93.0 cm³/mol. The molecule has 1 aliphatic rings. The molecular formula is C18H19N5O2. The van der Waals surface area contributed by atoms with Crippen LogP contribution in [0.3, 0.4) is 0 Å². The number of carbonyl (C=O) groups excluding carboxylic acids is 1. The highest BCUT2D eigenvalue weighted by molar-refractivity contribution is 5.86. The molecule has 1 N–H and O–H groups in total. The Balaban J connectivity index is 1.33. The summed E-state index contributed by atoms with van der Waals surface area (Å²) in [5.74, 6) is 0.924. The van der Waals surface area contributed by atoms with Gasteiger partial charge in [0.2, 0.25) is 5.91 Å². The summed E-state index contributed by atoms with van der Waals surface area (Å²) in [4.78, 5) is 22.6. The van der Waals surface area contributed by atoms with Crippen molar-refractivity contribution in [1.82, 2.24) is 20.0 Å². The van der Waals surface area contributed by atoms with Crippen molar-refractivity contribution in [2.24, 2.45) is 0 Å². The summed E-state index contributed by atoms with van der Waals surface area (Å²) in [6.45, 7) is 1.47. The van der Waals surface area contributed by atoms with Crippen molar-refractivity contribution in [3.05, 3.63) is 48.5 Å². The van der Waals surface area contributed by atoms with Crippen LogP contribution < -0.4 is 5.32 Å². The first-order valence-corrected chi connectivity index (χ1v) is 8.43. The molecular weight excluding hydrogens is 318 g/mol. The fourth-order valence-corrected chi connectivity index (χ4v) is 3.18. The number of hydrogen-bond acceptors (Lipinski definition) is 6. The van der Waals surface area contributed by atoms with E-state index < -0.39 is 0 Å². The summed E-state index contributed by atoms with van der Waals surface area (Å²) in [5, 5.41) is 8.36. The van der Waals surface area contributed by atoms with E-state index in [2.05, 4.69) is 20.4 Å². The van der Waals surface area contributed by atoms with Gasteiger partial charge in [-0.05, 0) is 31.0 Å². The average molecular weight is 337 g/mol. The third-order valence-corrected chi connectivity index (χ3v) is 4.55. The highest BCUT2D eigenvalue weighted by Crippen LogP contribution is 2.20. The van der Waals surface area contributed by atoms with E-state index in [4.69, 9.17) is 4.52 Å². The lowest BCUT2D eigenvalue weighted by molar-refractivity contribution is -0.131. The predicted octanol–water partition coefficient (Wildman–Crippen LogP) is 2.26. The maximum Gasteiger partial charge on any atom is 0.228 e. The fourth-order valence-electron chi connectivity index (χ4n) is 3.18. The first-order valence-electron chi connectivity index (χ1n) is 8.43. The summed E-state index contributed by atoms with van der Waals surface area (Å²) in [6.07, 6.45) is 5.32. The number of nitrogens with one attached hydrogen (secondary N) is 1. The van der Waals surface area contributed by atoms with E-state index in [9.17, 15) is 4.79 Å². The van der Waals surface area contributed by atoms with E-state index in [1.54, 1.807) is 6.20 Å². The molecule has 0 radical (unpaired) electrons. The third-order valence-electron chi connectivity index (χ3n) is 4.55. The lowest BCUT2D eigenvalue weighted by atomic mass is 10.0. The zero-order valence-electron chi connectivity index (χ0n) is 13.8. The molecule has 3 heterocycles. The number of hydrogen-bond donors (Lipinski definition) is 1. The highest BCUT2D eigenvalue weighted by atomic mass is 16.5. The molecule has 1 saturated heterocycles. The number of anilines is 1. The Bertz CT molecular complexity index is 856. The summed E-state index contributed by atoms with van der Waals surface area (Å²) in [5.41, 5.74) is 1.43. The van der Waals surface area contributed by atoms with Gasteiger partial charge in [0.15, 0.2) is 5.58 Å². The number of carbonyl (C=O) groups is 1. The van der Waals surface area contributed by atoms with Crippen LogP contribution in [-0.4, -0.2) is 45.1 Å². The standard InChI is InChI=1S/C18H19N5O2/c24-18(11-15-14-3-1-2-4-16(14)25-22-15)23-9-6-13(7-10-23)21-17-5-8-19-12-20-17/h1-5,8,12-13H,6-7,9-11H2,(H,19,20,21). The number of piperidine rings is 1. The van der Waals surface area contributed by atoms with Crippen LogP contribution in [0.2, 0.25) is 0 Å². The Hall–Kier alpha value is -2.96. The minimum atomic E-state index is 0.0968. The van der Waals surface area contributed by atoms with Gasteiger partial charge < -0.3 is 14.7 Å². The van der Waals surface area contributed by atoms with E-state index in [0.29, 0.717) is 11.7 Å². The molecule has 0 saturated carbocycles. The molecule has 0 atom stereocenters.